The Labute approximate surface area is 410 Å². The molecule has 19 heteroatoms. The van der Waals surface area contributed by atoms with Crippen LogP contribution in [0.25, 0.3) is 22.1 Å². The lowest BCUT2D eigenvalue weighted by Gasteiger charge is -2.37. The number of carboxylic acids is 2. The van der Waals surface area contributed by atoms with Gasteiger partial charge >= 0.3 is 11.9 Å². The predicted octanol–water partition coefficient (Wildman–Crippen LogP) is 10.3. The highest BCUT2D eigenvalue weighted by Gasteiger charge is 2.36. The van der Waals surface area contributed by atoms with Crippen molar-refractivity contribution in [2.45, 2.75) is 107 Å². The van der Waals surface area contributed by atoms with Gasteiger partial charge in [0.15, 0.2) is 0 Å². The molecule has 362 valence electrons. The maximum atomic E-state index is 14.7. The number of rotatable bonds is 19. The van der Waals surface area contributed by atoms with Crippen LogP contribution in [0.3, 0.4) is 0 Å². The van der Waals surface area contributed by atoms with E-state index in [1.807, 2.05) is 13.8 Å². The van der Waals surface area contributed by atoms with Gasteiger partial charge in [-0.25, -0.2) is 31.2 Å². The Hall–Kier alpha value is -6.01. The molecule has 2 aromatic heterocycles. The summed E-state index contributed by atoms with van der Waals surface area (Å²) >= 11 is 13.0. The molecular formula is C50H51Cl2FN6O8S2. The summed E-state index contributed by atoms with van der Waals surface area (Å²) < 4.78 is 78.4. The van der Waals surface area contributed by atoms with Gasteiger partial charge in [0.2, 0.25) is 0 Å². The van der Waals surface area contributed by atoms with Gasteiger partial charge in [-0.15, -0.1) is 0 Å². The van der Waals surface area contributed by atoms with Crippen molar-refractivity contribution >= 4 is 88.6 Å². The van der Waals surface area contributed by atoms with Crippen molar-refractivity contribution in [1.82, 2.24) is 19.1 Å². The normalized spacial score (nSPS) is 15.4. The second kappa shape index (κ2) is 20.5. The Balaban J connectivity index is 1.04. The minimum atomic E-state index is -4.25. The zero-order valence-electron chi connectivity index (χ0n) is 37.9. The number of sulfonamides is 2. The molecule has 5 aromatic carbocycles. The summed E-state index contributed by atoms with van der Waals surface area (Å²) in [7, 11) is -8.45. The summed E-state index contributed by atoms with van der Waals surface area (Å²) in [6.07, 6.45) is 5.48. The van der Waals surface area contributed by atoms with Crippen molar-refractivity contribution in [1.29, 1.82) is 0 Å². The lowest BCUT2D eigenvalue weighted by Crippen LogP contribution is -2.42. The molecule has 0 amide bonds. The third kappa shape index (κ3) is 10.5. The van der Waals surface area contributed by atoms with Crippen LogP contribution in [0.1, 0.15) is 75.1 Å². The first kappa shape index (κ1) is 49.4. The van der Waals surface area contributed by atoms with Crippen LogP contribution in [0.5, 0.6) is 0 Å². The summed E-state index contributed by atoms with van der Waals surface area (Å²) in [6.45, 7) is 3.19. The highest BCUT2D eigenvalue weighted by molar-refractivity contribution is 7.93. The number of carboxylic acid groups (broad SMARTS) is 2. The van der Waals surface area contributed by atoms with Crippen LogP contribution >= 0.6 is 23.2 Å². The summed E-state index contributed by atoms with van der Waals surface area (Å²) in [5.41, 5.74) is 4.10. The number of halogens is 3. The van der Waals surface area contributed by atoms with Crippen LogP contribution in [0.15, 0.2) is 113 Å². The third-order valence-corrected chi connectivity index (χ3v) is 17.1. The van der Waals surface area contributed by atoms with Crippen molar-refractivity contribution < 1.29 is 41.0 Å². The average molecular weight is 1020 g/mol. The maximum Gasteiger partial charge on any atom is 0.323 e. The van der Waals surface area contributed by atoms with Crippen LogP contribution in [-0.4, -0.2) is 64.1 Å². The van der Waals surface area contributed by atoms with Crippen LogP contribution in [0.4, 0.5) is 15.8 Å². The van der Waals surface area contributed by atoms with E-state index >= 15 is 0 Å². The van der Waals surface area contributed by atoms with Gasteiger partial charge in [0.25, 0.3) is 20.0 Å². The van der Waals surface area contributed by atoms with Gasteiger partial charge in [0.05, 0.1) is 59.8 Å². The Bertz CT molecular complexity index is 3270. The standard InChI is InChI=1S/C50H51Cl2FN6O8S2/c1-3-6-46-54-42-27-37(18-24-44(42)56(46)30-48(60)61)58(29-34-8-5-9-41(51)50(34)52)68(64,65)39-20-12-33(13-21-39)26-32-10-16-36(17-11-32)59(69(66,67)40-22-14-35(53)15-23-40)38-19-25-45-43(28-38)55-47(7-4-2)57(45)31-49(62)63/h5,8-9,12-15,18-25,27-28,32,36H,3-4,6-7,10-11,16-17,26,29-31H2,1-2H3,(H,60,61)(H,62,63). The Kier molecular flexibility index (Phi) is 14.7. The summed E-state index contributed by atoms with van der Waals surface area (Å²) in [5, 5.41) is 19.7. The Morgan fingerprint density at radius 2 is 1.22 bits per heavy atom. The number of nitrogens with zero attached hydrogens (tertiary/aromatic N) is 6. The molecule has 0 radical (unpaired) electrons. The first-order valence-corrected chi connectivity index (χ1v) is 26.4. The lowest BCUT2D eigenvalue weighted by molar-refractivity contribution is -0.138. The van der Waals surface area contributed by atoms with E-state index in [0.29, 0.717) is 95.6 Å². The van der Waals surface area contributed by atoms with E-state index in [2.05, 4.69) is 0 Å². The molecule has 0 aliphatic heterocycles. The van der Waals surface area contributed by atoms with E-state index in [-0.39, 0.29) is 45.4 Å². The predicted molar refractivity (Wildman–Crippen MR) is 265 cm³/mol. The van der Waals surface area contributed by atoms with E-state index in [1.54, 1.807) is 88.0 Å². The van der Waals surface area contributed by atoms with Crippen LogP contribution in [0, 0.1) is 11.7 Å². The van der Waals surface area contributed by atoms with Crippen LogP contribution < -0.4 is 8.61 Å². The summed E-state index contributed by atoms with van der Waals surface area (Å²) in [4.78, 5) is 33.0. The Morgan fingerprint density at radius 3 is 1.77 bits per heavy atom. The quantitative estimate of drug-likeness (QED) is 0.0790. The highest BCUT2D eigenvalue weighted by Crippen LogP contribution is 2.38. The number of fused-ring (bicyclic) bond motifs is 2. The molecule has 14 nitrogen and oxygen atoms in total. The summed E-state index contributed by atoms with van der Waals surface area (Å²) in [5.74, 6) is -1.29. The zero-order chi connectivity index (χ0) is 49.2. The molecule has 0 unspecified atom stereocenters. The molecule has 0 bridgehead atoms. The number of imidazole rings is 2. The Morgan fingerprint density at radius 1 is 0.696 bits per heavy atom. The first-order valence-electron chi connectivity index (χ1n) is 22.7. The molecule has 2 heterocycles. The van der Waals surface area contributed by atoms with E-state index in [4.69, 9.17) is 33.2 Å². The number of aliphatic carboxylic acids is 2. The second-order valence-electron chi connectivity index (χ2n) is 17.4. The number of aryl methyl sites for hydroxylation is 2. The van der Waals surface area contributed by atoms with Crippen molar-refractivity contribution in [2.75, 3.05) is 8.61 Å². The fraction of sp³-hybridized carbons (Fsp3) is 0.320. The van der Waals surface area contributed by atoms with Gasteiger partial charge in [0.1, 0.15) is 30.6 Å². The lowest BCUT2D eigenvalue weighted by atomic mass is 9.82. The first-order chi connectivity index (χ1) is 33.0. The molecule has 0 atom stereocenters. The number of anilines is 2. The molecule has 8 rings (SSSR count). The molecule has 1 aliphatic carbocycles. The number of aromatic nitrogens is 4. The molecular weight excluding hydrogens is 967 g/mol. The van der Waals surface area contributed by atoms with E-state index in [0.717, 1.165) is 30.5 Å². The average Bonchev–Trinajstić information content (AvgIpc) is 3.82. The molecule has 69 heavy (non-hydrogen) atoms. The van der Waals surface area contributed by atoms with Gasteiger partial charge < -0.3 is 19.3 Å². The minimum absolute atomic E-state index is 0.0319. The van der Waals surface area contributed by atoms with Gasteiger partial charge in [-0.1, -0.05) is 61.3 Å². The molecule has 1 saturated carbocycles. The van der Waals surface area contributed by atoms with Crippen molar-refractivity contribution in [3.63, 3.8) is 0 Å². The SMILES string of the molecule is CCCc1nc2cc(N(Cc3cccc(Cl)c3Cl)S(=O)(=O)c3ccc(CC4CCC(N(c5ccc6c(c5)nc(CCC)n6CC(=O)O)S(=O)(=O)c5ccc(F)cc5)CC4)cc3)ccc2n1CC(=O)O. The van der Waals surface area contributed by atoms with Gasteiger partial charge in [-0.3, -0.25) is 18.2 Å². The topological polar surface area (TPSA) is 185 Å². The van der Waals surface area contributed by atoms with Crippen LogP contribution in [-0.2, 0) is 68.5 Å². The van der Waals surface area contributed by atoms with E-state index in [1.165, 1.54) is 20.7 Å². The van der Waals surface area contributed by atoms with E-state index < -0.39 is 43.8 Å². The number of benzene rings is 5. The number of hydrogen-bond acceptors (Lipinski definition) is 8. The van der Waals surface area contributed by atoms with Crippen LogP contribution in [0.2, 0.25) is 10.0 Å². The number of hydrogen-bond donors (Lipinski definition) is 2. The largest absolute Gasteiger partial charge is 0.480 e. The fourth-order valence-corrected chi connectivity index (χ4v) is 12.8. The maximum absolute atomic E-state index is 14.7. The zero-order valence-corrected chi connectivity index (χ0v) is 41.1. The third-order valence-electron chi connectivity index (χ3n) is 12.6. The van der Waals surface area contributed by atoms with Crippen molar-refractivity contribution in [3.8, 4) is 0 Å². The van der Waals surface area contributed by atoms with Crippen molar-refractivity contribution in [2.24, 2.45) is 5.92 Å². The molecule has 0 saturated heterocycles. The minimum Gasteiger partial charge on any atom is -0.480 e. The monoisotopic (exact) mass is 1020 g/mol. The number of carbonyl (C=O) groups is 2. The second-order valence-corrected chi connectivity index (χ2v) is 21.8. The van der Waals surface area contributed by atoms with Crippen molar-refractivity contribution in [3.05, 3.63) is 142 Å². The molecule has 1 fully saturated rings. The molecule has 1 aliphatic rings. The highest BCUT2D eigenvalue weighted by atomic mass is 35.5. The summed E-state index contributed by atoms with van der Waals surface area (Å²) in [6, 6.07) is 26.0. The van der Waals surface area contributed by atoms with Gasteiger partial charge in [-0.2, -0.15) is 0 Å². The van der Waals surface area contributed by atoms with Gasteiger partial charge in [-0.05, 0) is 141 Å². The fourth-order valence-electron chi connectivity index (χ4n) is 9.33. The smallest absolute Gasteiger partial charge is 0.323 e. The van der Waals surface area contributed by atoms with E-state index in [9.17, 15) is 41.0 Å². The van der Waals surface area contributed by atoms with Gasteiger partial charge in [0, 0.05) is 18.9 Å². The molecule has 2 N–H and O–H groups in total. The molecule has 7 aromatic rings. The molecule has 0 spiro atoms.